The molecule has 0 saturated carbocycles. The SMILES string of the molecule is NCCc1cc(Br)ccc1OC1CCOC2(CCOC2)C1. The molecular weight excluding hydrogens is 334 g/mol. The van der Waals surface area contributed by atoms with Gasteiger partial charge in [0.05, 0.1) is 18.8 Å². The Morgan fingerprint density at radius 1 is 1.38 bits per heavy atom. The van der Waals surface area contributed by atoms with Gasteiger partial charge in [0.1, 0.15) is 11.9 Å². The summed E-state index contributed by atoms with van der Waals surface area (Å²) in [7, 11) is 0. The Balaban J connectivity index is 1.71. The molecular formula is C16H22BrNO3. The fourth-order valence-electron chi connectivity index (χ4n) is 3.14. The summed E-state index contributed by atoms with van der Waals surface area (Å²) in [6, 6.07) is 6.14. The summed E-state index contributed by atoms with van der Waals surface area (Å²) in [6.07, 6.45) is 3.83. The quantitative estimate of drug-likeness (QED) is 0.901. The van der Waals surface area contributed by atoms with Crippen LogP contribution in [0.5, 0.6) is 5.75 Å². The monoisotopic (exact) mass is 355 g/mol. The van der Waals surface area contributed by atoms with Gasteiger partial charge < -0.3 is 19.9 Å². The fourth-order valence-corrected chi connectivity index (χ4v) is 3.55. The Hall–Kier alpha value is -0.620. The molecule has 0 aliphatic carbocycles. The highest BCUT2D eigenvalue weighted by atomic mass is 79.9. The van der Waals surface area contributed by atoms with Crippen LogP contribution >= 0.6 is 15.9 Å². The maximum absolute atomic E-state index is 6.27. The third-order valence-electron chi connectivity index (χ3n) is 4.24. The van der Waals surface area contributed by atoms with Gasteiger partial charge in [-0.3, -0.25) is 0 Å². The molecule has 0 amide bonds. The number of rotatable bonds is 4. The molecule has 2 aliphatic heterocycles. The number of halogens is 1. The van der Waals surface area contributed by atoms with Crippen molar-refractivity contribution in [3.8, 4) is 5.75 Å². The molecule has 0 bridgehead atoms. The van der Waals surface area contributed by atoms with Crippen LogP contribution in [0, 0.1) is 0 Å². The maximum atomic E-state index is 6.27. The van der Waals surface area contributed by atoms with Gasteiger partial charge in [-0.25, -0.2) is 0 Å². The van der Waals surface area contributed by atoms with Crippen molar-refractivity contribution in [2.45, 2.75) is 37.4 Å². The van der Waals surface area contributed by atoms with Crippen molar-refractivity contribution < 1.29 is 14.2 Å². The topological polar surface area (TPSA) is 53.7 Å². The summed E-state index contributed by atoms with van der Waals surface area (Å²) in [5.74, 6) is 0.949. The van der Waals surface area contributed by atoms with Gasteiger partial charge >= 0.3 is 0 Å². The van der Waals surface area contributed by atoms with Gasteiger partial charge in [-0.05, 0) is 36.7 Å². The van der Waals surface area contributed by atoms with E-state index in [2.05, 4.69) is 22.0 Å². The van der Waals surface area contributed by atoms with Gasteiger partial charge in [-0.1, -0.05) is 15.9 Å². The molecule has 1 aromatic rings. The van der Waals surface area contributed by atoms with Crippen molar-refractivity contribution in [2.24, 2.45) is 5.73 Å². The molecule has 116 valence electrons. The normalized spacial score (nSPS) is 29.0. The standard InChI is InChI=1S/C16H22BrNO3/c17-13-1-2-15(12(9-13)3-6-18)21-14-4-7-20-16(10-14)5-8-19-11-16/h1-2,9,14H,3-8,10-11,18H2. The van der Waals surface area contributed by atoms with Gasteiger partial charge in [-0.15, -0.1) is 0 Å². The third kappa shape index (κ3) is 3.59. The van der Waals surface area contributed by atoms with Crippen LogP contribution in [0.4, 0.5) is 0 Å². The van der Waals surface area contributed by atoms with Gasteiger partial charge in [0.2, 0.25) is 0 Å². The smallest absolute Gasteiger partial charge is 0.123 e. The highest BCUT2D eigenvalue weighted by Crippen LogP contribution is 2.35. The lowest BCUT2D eigenvalue weighted by atomic mass is 9.91. The Morgan fingerprint density at radius 3 is 3.05 bits per heavy atom. The first kappa shape index (κ1) is 15.3. The Labute approximate surface area is 134 Å². The lowest BCUT2D eigenvalue weighted by Crippen LogP contribution is -2.44. The van der Waals surface area contributed by atoms with Crippen molar-refractivity contribution >= 4 is 15.9 Å². The van der Waals surface area contributed by atoms with Gasteiger partial charge in [0.15, 0.2) is 0 Å². The average molecular weight is 356 g/mol. The van der Waals surface area contributed by atoms with Crippen LogP contribution in [0.2, 0.25) is 0 Å². The minimum absolute atomic E-state index is 0.119. The number of ether oxygens (including phenoxy) is 3. The van der Waals surface area contributed by atoms with E-state index in [1.807, 2.05) is 12.1 Å². The van der Waals surface area contributed by atoms with Crippen LogP contribution < -0.4 is 10.5 Å². The van der Waals surface area contributed by atoms with Crippen molar-refractivity contribution in [2.75, 3.05) is 26.4 Å². The molecule has 0 radical (unpaired) electrons. The molecule has 2 fully saturated rings. The zero-order valence-corrected chi connectivity index (χ0v) is 13.7. The molecule has 2 aliphatic rings. The van der Waals surface area contributed by atoms with E-state index in [1.54, 1.807) is 0 Å². The van der Waals surface area contributed by atoms with Crippen LogP contribution in [0.1, 0.15) is 24.8 Å². The number of hydrogen-bond donors (Lipinski definition) is 1. The van der Waals surface area contributed by atoms with Crippen molar-refractivity contribution in [3.63, 3.8) is 0 Å². The molecule has 2 N–H and O–H groups in total. The molecule has 0 aromatic heterocycles. The summed E-state index contributed by atoms with van der Waals surface area (Å²) in [6.45, 7) is 2.86. The third-order valence-corrected chi connectivity index (χ3v) is 4.74. The van der Waals surface area contributed by atoms with Crippen molar-refractivity contribution in [1.82, 2.24) is 0 Å². The highest BCUT2D eigenvalue weighted by Gasteiger charge is 2.41. The number of benzene rings is 1. The van der Waals surface area contributed by atoms with E-state index in [0.29, 0.717) is 13.2 Å². The van der Waals surface area contributed by atoms with E-state index >= 15 is 0 Å². The Bertz CT molecular complexity index is 488. The maximum Gasteiger partial charge on any atom is 0.123 e. The van der Waals surface area contributed by atoms with Crippen LogP contribution in [0.3, 0.4) is 0 Å². The molecule has 2 unspecified atom stereocenters. The van der Waals surface area contributed by atoms with E-state index in [4.69, 9.17) is 19.9 Å². The fraction of sp³-hybridized carbons (Fsp3) is 0.625. The largest absolute Gasteiger partial charge is 0.490 e. The zero-order valence-electron chi connectivity index (χ0n) is 12.1. The van der Waals surface area contributed by atoms with Crippen LogP contribution in [0.25, 0.3) is 0 Å². The van der Waals surface area contributed by atoms with Crippen LogP contribution in [-0.2, 0) is 15.9 Å². The van der Waals surface area contributed by atoms with Gasteiger partial charge in [0.25, 0.3) is 0 Å². The van der Waals surface area contributed by atoms with E-state index < -0.39 is 0 Å². The summed E-state index contributed by atoms with van der Waals surface area (Å²) in [5, 5.41) is 0. The Morgan fingerprint density at radius 2 is 2.29 bits per heavy atom. The molecule has 1 aromatic carbocycles. The lowest BCUT2D eigenvalue weighted by Gasteiger charge is -2.37. The first-order valence-electron chi connectivity index (χ1n) is 7.58. The molecule has 4 nitrogen and oxygen atoms in total. The van der Waals surface area contributed by atoms with Gasteiger partial charge in [-0.2, -0.15) is 0 Å². The molecule has 21 heavy (non-hydrogen) atoms. The number of nitrogens with two attached hydrogens (primary N) is 1. The van der Waals surface area contributed by atoms with E-state index in [9.17, 15) is 0 Å². The summed E-state index contributed by atoms with van der Waals surface area (Å²) in [4.78, 5) is 0. The first-order valence-corrected chi connectivity index (χ1v) is 8.37. The van der Waals surface area contributed by atoms with Crippen LogP contribution in [-0.4, -0.2) is 38.1 Å². The summed E-state index contributed by atoms with van der Waals surface area (Å²) < 4.78 is 18.8. The van der Waals surface area contributed by atoms with E-state index in [-0.39, 0.29) is 11.7 Å². The zero-order chi connectivity index (χ0) is 14.7. The predicted octanol–water partition coefficient (Wildman–Crippen LogP) is 2.67. The van der Waals surface area contributed by atoms with Crippen molar-refractivity contribution in [3.05, 3.63) is 28.2 Å². The second-order valence-corrected chi connectivity index (χ2v) is 6.77. The lowest BCUT2D eigenvalue weighted by molar-refractivity contribution is -0.112. The molecule has 5 heteroatoms. The average Bonchev–Trinajstić information content (AvgIpc) is 2.90. The minimum Gasteiger partial charge on any atom is -0.490 e. The van der Waals surface area contributed by atoms with Crippen LogP contribution in [0.15, 0.2) is 22.7 Å². The van der Waals surface area contributed by atoms with E-state index in [1.165, 1.54) is 0 Å². The first-order chi connectivity index (χ1) is 10.2. The minimum atomic E-state index is -0.119. The molecule has 2 saturated heterocycles. The summed E-state index contributed by atoms with van der Waals surface area (Å²) in [5.41, 5.74) is 6.74. The highest BCUT2D eigenvalue weighted by molar-refractivity contribution is 9.10. The molecule has 2 atom stereocenters. The second kappa shape index (κ2) is 6.65. The molecule has 2 heterocycles. The molecule has 1 spiro atoms. The van der Waals surface area contributed by atoms with Crippen molar-refractivity contribution in [1.29, 1.82) is 0 Å². The second-order valence-electron chi connectivity index (χ2n) is 5.86. The van der Waals surface area contributed by atoms with Gasteiger partial charge in [0, 0.05) is 30.3 Å². The number of hydrogen-bond acceptors (Lipinski definition) is 4. The van der Waals surface area contributed by atoms with E-state index in [0.717, 1.165) is 54.7 Å². The molecule has 3 rings (SSSR count). The summed E-state index contributed by atoms with van der Waals surface area (Å²) >= 11 is 3.51. The Kier molecular flexibility index (Phi) is 4.84. The predicted molar refractivity (Wildman–Crippen MR) is 84.7 cm³/mol.